The van der Waals surface area contributed by atoms with E-state index in [2.05, 4.69) is 34.8 Å². The zero-order valence-corrected chi connectivity index (χ0v) is 11.8. The molecule has 5 nitrogen and oxygen atoms in total. The van der Waals surface area contributed by atoms with Gasteiger partial charge in [0.15, 0.2) is 0 Å². The monoisotopic (exact) mass is 272 g/mol. The molecule has 0 radical (unpaired) electrons. The summed E-state index contributed by atoms with van der Waals surface area (Å²) in [6.45, 7) is 6.23. The summed E-state index contributed by atoms with van der Waals surface area (Å²) in [6.07, 6.45) is 1.85. The molecule has 106 valence electrons. The highest BCUT2D eigenvalue weighted by Crippen LogP contribution is 2.34. The highest BCUT2D eigenvalue weighted by Gasteiger charge is 2.18. The number of amides is 1. The van der Waals surface area contributed by atoms with Crippen LogP contribution in [0.5, 0.6) is 0 Å². The van der Waals surface area contributed by atoms with Crippen LogP contribution < -0.4 is 16.0 Å². The number of rotatable bonds is 4. The third kappa shape index (κ3) is 2.14. The highest BCUT2D eigenvalue weighted by molar-refractivity contribution is 6.04. The average Bonchev–Trinajstić information content (AvgIpc) is 3.03. The van der Waals surface area contributed by atoms with Crippen molar-refractivity contribution in [3.05, 3.63) is 23.4 Å². The first kappa shape index (κ1) is 13.0. The molecule has 0 unspecified atom stereocenters. The molecule has 4 N–H and O–H groups in total. The van der Waals surface area contributed by atoms with Crippen LogP contribution in [0.15, 0.2) is 12.1 Å². The zero-order valence-electron chi connectivity index (χ0n) is 11.8. The molecule has 1 amide bonds. The lowest BCUT2D eigenvalue weighted by molar-refractivity contribution is -0.105. The van der Waals surface area contributed by atoms with Gasteiger partial charge in [0, 0.05) is 29.4 Å². The number of hydrogen-bond acceptors (Lipinski definition) is 3. The number of aromatic nitrogens is 1. The third-order valence-electron chi connectivity index (χ3n) is 4.09. The molecule has 0 aliphatic carbocycles. The number of carbonyl (C=O) groups excluding carboxylic acids is 1. The zero-order chi connectivity index (χ0) is 14.1. The molecule has 0 saturated carbocycles. The second-order valence-electron chi connectivity index (χ2n) is 5.38. The Morgan fingerprint density at radius 2 is 2.10 bits per heavy atom. The van der Waals surface area contributed by atoms with Crippen molar-refractivity contribution in [2.45, 2.75) is 26.3 Å². The Hall–Kier alpha value is -2.01. The standard InChI is InChI=1S/C15H20N4O/c1-9-10(2)18-15-13(17-8-20)4-3-12(14(9)15)19-11-5-6-16-7-11/h3-4,8,11,16,18-19H,5-7H2,1-2H3,(H,17,20)/t11-/m1/s1. The van der Waals surface area contributed by atoms with E-state index in [0.717, 1.165) is 42.1 Å². The van der Waals surface area contributed by atoms with Crippen LogP contribution in [0.3, 0.4) is 0 Å². The fourth-order valence-corrected chi connectivity index (χ4v) is 2.89. The van der Waals surface area contributed by atoms with Crippen molar-refractivity contribution in [1.29, 1.82) is 0 Å². The van der Waals surface area contributed by atoms with Crippen molar-refractivity contribution in [3.8, 4) is 0 Å². The van der Waals surface area contributed by atoms with Gasteiger partial charge in [-0.15, -0.1) is 0 Å². The van der Waals surface area contributed by atoms with Gasteiger partial charge in [-0.2, -0.15) is 0 Å². The van der Waals surface area contributed by atoms with Crippen molar-refractivity contribution in [2.24, 2.45) is 0 Å². The first-order chi connectivity index (χ1) is 9.70. The molecular formula is C15H20N4O. The molecule has 0 bridgehead atoms. The number of aromatic amines is 1. The quantitative estimate of drug-likeness (QED) is 0.644. The molecule has 1 aliphatic rings. The lowest BCUT2D eigenvalue weighted by Crippen LogP contribution is -2.22. The number of aryl methyl sites for hydroxylation is 2. The van der Waals surface area contributed by atoms with Gasteiger partial charge in [-0.05, 0) is 44.5 Å². The van der Waals surface area contributed by atoms with Crippen molar-refractivity contribution >= 4 is 28.7 Å². The predicted molar refractivity (Wildman–Crippen MR) is 82.4 cm³/mol. The molecule has 1 aromatic heterocycles. The number of H-pyrrole nitrogens is 1. The lowest BCUT2D eigenvalue weighted by Gasteiger charge is -2.15. The second-order valence-corrected chi connectivity index (χ2v) is 5.38. The normalized spacial score (nSPS) is 18.4. The van der Waals surface area contributed by atoms with Gasteiger partial charge in [-0.3, -0.25) is 4.79 Å². The molecule has 1 saturated heterocycles. The summed E-state index contributed by atoms with van der Waals surface area (Å²) in [6, 6.07) is 4.46. The Labute approximate surface area is 118 Å². The Bertz CT molecular complexity index is 641. The Balaban J connectivity index is 2.07. The molecule has 20 heavy (non-hydrogen) atoms. The fourth-order valence-electron chi connectivity index (χ4n) is 2.89. The number of nitrogens with one attached hydrogen (secondary N) is 4. The predicted octanol–water partition coefficient (Wildman–Crippen LogP) is 2.13. The summed E-state index contributed by atoms with van der Waals surface area (Å²) in [5.41, 5.74) is 5.30. The molecule has 1 aromatic carbocycles. The highest BCUT2D eigenvalue weighted by atomic mass is 16.1. The third-order valence-corrected chi connectivity index (χ3v) is 4.09. The van der Waals surface area contributed by atoms with Crippen LogP contribution in [-0.4, -0.2) is 30.5 Å². The van der Waals surface area contributed by atoms with E-state index in [0.29, 0.717) is 12.5 Å². The van der Waals surface area contributed by atoms with E-state index in [1.54, 1.807) is 0 Å². The van der Waals surface area contributed by atoms with E-state index in [1.807, 2.05) is 12.1 Å². The van der Waals surface area contributed by atoms with Gasteiger partial charge in [0.25, 0.3) is 0 Å². The molecule has 2 heterocycles. The van der Waals surface area contributed by atoms with E-state index in [9.17, 15) is 4.79 Å². The van der Waals surface area contributed by atoms with Crippen LogP contribution in [-0.2, 0) is 4.79 Å². The van der Waals surface area contributed by atoms with Crippen LogP contribution in [0.1, 0.15) is 17.7 Å². The number of carbonyl (C=O) groups is 1. The van der Waals surface area contributed by atoms with Crippen molar-refractivity contribution < 1.29 is 4.79 Å². The Morgan fingerprint density at radius 1 is 1.30 bits per heavy atom. The van der Waals surface area contributed by atoms with E-state index in [4.69, 9.17) is 0 Å². The second kappa shape index (κ2) is 5.17. The van der Waals surface area contributed by atoms with Gasteiger partial charge < -0.3 is 20.9 Å². The molecule has 2 aromatic rings. The first-order valence-electron chi connectivity index (χ1n) is 7.00. The Morgan fingerprint density at radius 3 is 2.80 bits per heavy atom. The van der Waals surface area contributed by atoms with Crippen molar-refractivity contribution in [3.63, 3.8) is 0 Å². The summed E-state index contributed by atoms with van der Waals surface area (Å²) in [7, 11) is 0. The van der Waals surface area contributed by atoms with Crippen molar-refractivity contribution in [2.75, 3.05) is 23.7 Å². The summed E-state index contributed by atoms with van der Waals surface area (Å²) in [4.78, 5) is 14.1. The molecule has 5 heteroatoms. The van der Waals surface area contributed by atoms with E-state index in [-0.39, 0.29) is 0 Å². The number of anilines is 2. The Kier molecular flexibility index (Phi) is 3.36. The fraction of sp³-hybridized carbons (Fsp3) is 0.400. The molecule has 1 atom stereocenters. The smallest absolute Gasteiger partial charge is 0.211 e. The van der Waals surface area contributed by atoms with Gasteiger partial charge in [-0.1, -0.05) is 0 Å². The topological polar surface area (TPSA) is 69.0 Å². The summed E-state index contributed by atoms with van der Waals surface area (Å²) < 4.78 is 0. The van der Waals surface area contributed by atoms with E-state index >= 15 is 0 Å². The summed E-state index contributed by atoms with van der Waals surface area (Å²) in [5.74, 6) is 0. The molecular weight excluding hydrogens is 252 g/mol. The van der Waals surface area contributed by atoms with Crippen LogP contribution >= 0.6 is 0 Å². The SMILES string of the molecule is Cc1[nH]c2c(NC=O)ccc(N[C@@H]3CCNC3)c2c1C. The molecule has 0 spiro atoms. The minimum absolute atomic E-state index is 0.470. The van der Waals surface area contributed by atoms with Gasteiger partial charge >= 0.3 is 0 Å². The summed E-state index contributed by atoms with van der Waals surface area (Å²) >= 11 is 0. The number of benzene rings is 1. The van der Waals surface area contributed by atoms with Gasteiger partial charge in [0.1, 0.15) is 0 Å². The maximum absolute atomic E-state index is 10.7. The van der Waals surface area contributed by atoms with Gasteiger partial charge in [0.2, 0.25) is 6.41 Å². The maximum atomic E-state index is 10.7. The maximum Gasteiger partial charge on any atom is 0.211 e. The van der Waals surface area contributed by atoms with Gasteiger partial charge in [0.05, 0.1) is 11.2 Å². The number of fused-ring (bicyclic) bond motifs is 1. The van der Waals surface area contributed by atoms with E-state index < -0.39 is 0 Å². The molecule has 1 aliphatic heterocycles. The van der Waals surface area contributed by atoms with Crippen LogP contribution in [0, 0.1) is 13.8 Å². The minimum atomic E-state index is 0.470. The van der Waals surface area contributed by atoms with Gasteiger partial charge in [-0.25, -0.2) is 0 Å². The minimum Gasteiger partial charge on any atom is -0.380 e. The van der Waals surface area contributed by atoms with E-state index in [1.165, 1.54) is 10.9 Å². The van der Waals surface area contributed by atoms with Crippen LogP contribution in [0.25, 0.3) is 10.9 Å². The number of hydrogen-bond donors (Lipinski definition) is 4. The van der Waals surface area contributed by atoms with Crippen LogP contribution in [0.2, 0.25) is 0 Å². The largest absolute Gasteiger partial charge is 0.380 e. The molecule has 3 rings (SSSR count). The first-order valence-corrected chi connectivity index (χ1v) is 7.00. The van der Waals surface area contributed by atoms with Crippen molar-refractivity contribution in [1.82, 2.24) is 10.3 Å². The lowest BCUT2D eigenvalue weighted by atomic mass is 10.1. The molecule has 1 fully saturated rings. The van der Waals surface area contributed by atoms with Crippen LogP contribution in [0.4, 0.5) is 11.4 Å². The summed E-state index contributed by atoms with van der Waals surface area (Å²) in [5, 5.41) is 10.9. The average molecular weight is 272 g/mol.